The van der Waals surface area contributed by atoms with E-state index in [4.69, 9.17) is 21.1 Å². The molecule has 9 nitrogen and oxygen atoms in total. The van der Waals surface area contributed by atoms with E-state index in [0.29, 0.717) is 16.3 Å². The van der Waals surface area contributed by atoms with Gasteiger partial charge in [-0.1, -0.05) is 17.7 Å². The van der Waals surface area contributed by atoms with E-state index < -0.39 is 16.8 Å². The van der Waals surface area contributed by atoms with Crippen LogP contribution in [0.2, 0.25) is 5.02 Å². The van der Waals surface area contributed by atoms with Crippen molar-refractivity contribution in [1.29, 1.82) is 0 Å². The summed E-state index contributed by atoms with van der Waals surface area (Å²) in [6, 6.07) is 18.1. The Morgan fingerprint density at radius 3 is 2.41 bits per heavy atom. The normalized spacial score (nSPS) is 10.5. The summed E-state index contributed by atoms with van der Waals surface area (Å²) in [5.74, 6) is -0.344. The van der Waals surface area contributed by atoms with Gasteiger partial charge in [-0.25, -0.2) is 10.2 Å². The highest BCUT2D eigenvalue weighted by Gasteiger charge is 2.11. The van der Waals surface area contributed by atoms with E-state index in [1.807, 2.05) is 0 Å². The molecule has 1 N–H and O–H groups in total. The Hall–Kier alpha value is -4.24. The van der Waals surface area contributed by atoms with Crippen LogP contribution in [0.15, 0.2) is 77.9 Å². The molecule has 0 aliphatic heterocycles. The van der Waals surface area contributed by atoms with Crippen molar-refractivity contribution in [3.63, 3.8) is 0 Å². The van der Waals surface area contributed by atoms with E-state index in [-0.39, 0.29) is 23.6 Å². The number of nitrogens with zero attached hydrogens (tertiary/aromatic N) is 2. The molecule has 0 spiro atoms. The zero-order valence-corrected chi connectivity index (χ0v) is 17.2. The second kappa shape index (κ2) is 10.7. The minimum absolute atomic E-state index is 0.117. The molecular formula is C22H16ClN3O6. The van der Waals surface area contributed by atoms with E-state index in [2.05, 4.69) is 10.5 Å². The van der Waals surface area contributed by atoms with Crippen LogP contribution >= 0.6 is 11.6 Å². The molecule has 1 amide bonds. The average Bonchev–Trinajstić information content (AvgIpc) is 2.79. The lowest BCUT2D eigenvalue weighted by Crippen LogP contribution is -2.24. The van der Waals surface area contributed by atoms with Gasteiger partial charge in [-0.2, -0.15) is 5.10 Å². The van der Waals surface area contributed by atoms with Crippen molar-refractivity contribution in [3.8, 4) is 11.5 Å². The Labute approximate surface area is 187 Å². The van der Waals surface area contributed by atoms with Crippen LogP contribution in [0.25, 0.3) is 0 Å². The summed E-state index contributed by atoms with van der Waals surface area (Å²) in [4.78, 5) is 34.0. The van der Waals surface area contributed by atoms with Gasteiger partial charge in [0.05, 0.1) is 16.7 Å². The van der Waals surface area contributed by atoms with Crippen molar-refractivity contribution >= 4 is 35.4 Å². The number of carbonyl (C=O) groups excluding carboxylic acids is 2. The molecule has 0 heterocycles. The van der Waals surface area contributed by atoms with Crippen LogP contribution in [0.3, 0.4) is 0 Å². The highest BCUT2D eigenvalue weighted by molar-refractivity contribution is 6.30. The fraction of sp³-hybridized carbons (Fsp3) is 0.0455. The number of carbonyl (C=O) groups is 2. The highest BCUT2D eigenvalue weighted by atomic mass is 35.5. The van der Waals surface area contributed by atoms with Crippen LogP contribution in [0.4, 0.5) is 5.69 Å². The number of benzene rings is 3. The third-order valence-corrected chi connectivity index (χ3v) is 4.21. The third kappa shape index (κ3) is 6.64. The van der Waals surface area contributed by atoms with Crippen molar-refractivity contribution in [2.45, 2.75) is 0 Å². The SMILES string of the molecule is O=C(COc1cccc(Cl)c1)NN=Cc1ccc(OC(=O)c2ccc([N+](=O)[O-])cc2)cc1. The molecule has 0 radical (unpaired) electrons. The molecule has 0 aromatic heterocycles. The lowest BCUT2D eigenvalue weighted by atomic mass is 10.2. The predicted molar refractivity (Wildman–Crippen MR) is 117 cm³/mol. The van der Waals surface area contributed by atoms with Gasteiger partial charge < -0.3 is 9.47 Å². The van der Waals surface area contributed by atoms with E-state index in [9.17, 15) is 19.7 Å². The number of nitro groups is 1. The number of rotatable bonds is 8. The Bertz CT molecular complexity index is 1150. The second-order valence-corrected chi connectivity index (χ2v) is 6.74. The maximum Gasteiger partial charge on any atom is 0.343 e. The quantitative estimate of drug-likeness (QED) is 0.181. The first-order chi connectivity index (χ1) is 15.4. The first-order valence-corrected chi connectivity index (χ1v) is 9.55. The summed E-state index contributed by atoms with van der Waals surface area (Å²) in [5.41, 5.74) is 3.05. The fourth-order valence-electron chi connectivity index (χ4n) is 2.42. The summed E-state index contributed by atoms with van der Waals surface area (Å²) < 4.78 is 10.5. The van der Waals surface area contributed by atoms with Gasteiger partial charge >= 0.3 is 5.97 Å². The number of nitro benzene ring substituents is 1. The smallest absolute Gasteiger partial charge is 0.343 e. The number of amides is 1. The largest absolute Gasteiger partial charge is 0.484 e. The van der Waals surface area contributed by atoms with Crippen LogP contribution in [-0.2, 0) is 4.79 Å². The molecule has 0 fully saturated rings. The molecule has 0 unspecified atom stereocenters. The number of hydrazone groups is 1. The zero-order chi connectivity index (χ0) is 22.9. The maximum atomic E-state index is 12.1. The number of esters is 1. The Kier molecular flexibility index (Phi) is 7.50. The number of halogens is 1. The van der Waals surface area contributed by atoms with Gasteiger partial charge in [0.1, 0.15) is 11.5 Å². The van der Waals surface area contributed by atoms with Gasteiger partial charge in [-0.15, -0.1) is 0 Å². The van der Waals surface area contributed by atoms with Gasteiger partial charge in [0.15, 0.2) is 6.61 Å². The zero-order valence-electron chi connectivity index (χ0n) is 16.4. The average molecular weight is 454 g/mol. The molecule has 0 saturated carbocycles. The highest BCUT2D eigenvalue weighted by Crippen LogP contribution is 2.17. The Morgan fingerprint density at radius 2 is 1.75 bits per heavy atom. The number of hydrogen-bond acceptors (Lipinski definition) is 7. The summed E-state index contributed by atoms with van der Waals surface area (Å²) in [6.45, 7) is -0.227. The molecule has 3 rings (SSSR count). The topological polar surface area (TPSA) is 120 Å². The lowest BCUT2D eigenvalue weighted by Gasteiger charge is -2.05. The molecule has 0 bridgehead atoms. The van der Waals surface area contributed by atoms with Crippen LogP contribution in [0.1, 0.15) is 15.9 Å². The van der Waals surface area contributed by atoms with Crippen molar-refractivity contribution < 1.29 is 24.0 Å². The number of non-ortho nitro benzene ring substituents is 1. The molecule has 0 saturated heterocycles. The Morgan fingerprint density at radius 1 is 1.03 bits per heavy atom. The van der Waals surface area contributed by atoms with Crippen LogP contribution in [-0.4, -0.2) is 29.6 Å². The molecule has 162 valence electrons. The molecule has 0 atom stereocenters. The van der Waals surface area contributed by atoms with E-state index in [0.717, 1.165) is 0 Å². The van der Waals surface area contributed by atoms with Gasteiger partial charge in [-0.3, -0.25) is 14.9 Å². The summed E-state index contributed by atoms with van der Waals surface area (Å²) in [7, 11) is 0. The van der Waals surface area contributed by atoms with Crippen molar-refractivity contribution in [1.82, 2.24) is 5.43 Å². The second-order valence-electron chi connectivity index (χ2n) is 6.30. The van der Waals surface area contributed by atoms with Gasteiger partial charge in [0, 0.05) is 17.2 Å². The maximum absolute atomic E-state index is 12.1. The van der Waals surface area contributed by atoms with E-state index >= 15 is 0 Å². The summed E-state index contributed by atoms with van der Waals surface area (Å²) >= 11 is 5.84. The van der Waals surface area contributed by atoms with E-state index in [1.165, 1.54) is 30.5 Å². The predicted octanol–water partition coefficient (Wildman–Crippen LogP) is 4.00. The monoisotopic (exact) mass is 453 g/mol. The number of ether oxygens (including phenoxy) is 2. The standard InChI is InChI=1S/C22H16ClN3O6/c23-17-2-1-3-20(12-17)31-14-21(27)25-24-13-15-4-10-19(11-5-15)32-22(28)16-6-8-18(9-7-16)26(29)30/h1-13H,14H2,(H,25,27). The molecule has 3 aromatic carbocycles. The molecule has 32 heavy (non-hydrogen) atoms. The number of hydrogen-bond donors (Lipinski definition) is 1. The lowest BCUT2D eigenvalue weighted by molar-refractivity contribution is -0.384. The Balaban J connectivity index is 1.47. The minimum atomic E-state index is -0.645. The molecule has 3 aromatic rings. The molecule has 0 aliphatic rings. The minimum Gasteiger partial charge on any atom is -0.484 e. The molecule has 0 aliphatic carbocycles. The van der Waals surface area contributed by atoms with Gasteiger partial charge in [0.25, 0.3) is 11.6 Å². The molecule has 10 heteroatoms. The first kappa shape index (κ1) is 22.4. The first-order valence-electron chi connectivity index (χ1n) is 9.18. The van der Waals surface area contributed by atoms with Crippen molar-refractivity contribution in [2.24, 2.45) is 5.10 Å². The third-order valence-electron chi connectivity index (χ3n) is 3.97. The summed E-state index contributed by atoms with van der Waals surface area (Å²) in [5, 5.41) is 15.0. The van der Waals surface area contributed by atoms with E-state index in [1.54, 1.807) is 48.5 Å². The van der Waals surface area contributed by atoms with Crippen molar-refractivity contribution in [3.05, 3.63) is 99.1 Å². The molecular weight excluding hydrogens is 438 g/mol. The van der Waals surface area contributed by atoms with Crippen LogP contribution < -0.4 is 14.9 Å². The van der Waals surface area contributed by atoms with Crippen LogP contribution in [0.5, 0.6) is 11.5 Å². The number of nitrogens with one attached hydrogen (secondary N) is 1. The van der Waals surface area contributed by atoms with Gasteiger partial charge in [-0.05, 0) is 60.2 Å². The fourth-order valence-corrected chi connectivity index (χ4v) is 2.60. The van der Waals surface area contributed by atoms with Crippen LogP contribution in [0, 0.1) is 10.1 Å². The van der Waals surface area contributed by atoms with Gasteiger partial charge in [0.2, 0.25) is 0 Å². The van der Waals surface area contributed by atoms with Crippen molar-refractivity contribution in [2.75, 3.05) is 6.61 Å². The summed E-state index contributed by atoms with van der Waals surface area (Å²) in [6.07, 6.45) is 1.42.